The molecule has 5 nitrogen and oxygen atoms in total. The molecule has 1 heterocycles. The van der Waals surface area contributed by atoms with Crippen LogP contribution in [-0.4, -0.2) is 28.8 Å². The Morgan fingerprint density at radius 2 is 2.17 bits per heavy atom. The third-order valence-electron chi connectivity index (χ3n) is 4.78. The van der Waals surface area contributed by atoms with Crippen LogP contribution in [0.3, 0.4) is 0 Å². The normalized spacial score (nSPS) is 23.5. The van der Waals surface area contributed by atoms with Crippen LogP contribution in [0.5, 0.6) is 5.75 Å². The first-order chi connectivity index (χ1) is 11.6. The number of hydrogen-bond donors (Lipinski definition) is 2. The second-order valence-corrected chi connectivity index (χ2v) is 6.85. The number of aliphatic hydroxyl groups excluding tert-OH is 1. The van der Waals surface area contributed by atoms with E-state index >= 15 is 0 Å². The fourth-order valence-electron chi connectivity index (χ4n) is 3.35. The Hall–Kier alpha value is -1.85. The van der Waals surface area contributed by atoms with Gasteiger partial charge in [-0.25, -0.2) is 4.98 Å². The van der Waals surface area contributed by atoms with Crippen LogP contribution in [0.4, 0.5) is 0 Å². The van der Waals surface area contributed by atoms with Crippen molar-refractivity contribution in [1.82, 2.24) is 4.98 Å². The van der Waals surface area contributed by atoms with Gasteiger partial charge in [-0.3, -0.25) is 0 Å². The molecule has 0 aliphatic heterocycles. The first kappa shape index (κ1) is 17.0. The molecule has 2 aromatic rings. The van der Waals surface area contributed by atoms with Gasteiger partial charge < -0.3 is 20.0 Å². The maximum absolute atomic E-state index is 9.38. The van der Waals surface area contributed by atoms with E-state index < -0.39 is 5.54 Å². The van der Waals surface area contributed by atoms with Crippen LogP contribution in [0.1, 0.15) is 48.8 Å². The molecule has 1 saturated carbocycles. The monoisotopic (exact) mass is 330 g/mol. The average molecular weight is 330 g/mol. The topological polar surface area (TPSA) is 81.5 Å². The van der Waals surface area contributed by atoms with E-state index in [-0.39, 0.29) is 6.61 Å². The summed E-state index contributed by atoms with van der Waals surface area (Å²) in [6, 6.07) is 8.25. The van der Waals surface area contributed by atoms with Crippen molar-refractivity contribution >= 4 is 0 Å². The Morgan fingerprint density at radius 1 is 1.38 bits per heavy atom. The number of nitrogens with two attached hydrogens (primary N) is 1. The lowest BCUT2D eigenvalue weighted by atomic mass is 9.94. The Kier molecular flexibility index (Phi) is 5.21. The van der Waals surface area contributed by atoms with Gasteiger partial charge in [-0.1, -0.05) is 12.1 Å². The average Bonchev–Trinajstić information content (AvgIpc) is 3.19. The summed E-state index contributed by atoms with van der Waals surface area (Å²) in [4.78, 5) is 4.18. The fourth-order valence-corrected chi connectivity index (χ4v) is 3.35. The Labute approximate surface area is 142 Å². The number of aliphatic hydroxyl groups is 1. The van der Waals surface area contributed by atoms with E-state index in [0.717, 1.165) is 49.5 Å². The number of nitrogens with zero attached hydrogens (tertiary/aromatic N) is 1. The first-order valence-corrected chi connectivity index (χ1v) is 8.62. The van der Waals surface area contributed by atoms with Gasteiger partial charge in [0.15, 0.2) is 5.89 Å². The zero-order chi connectivity index (χ0) is 17.0. The third-order valence-corrected chi connectivity index (χ3v) is 4.78. The molecule has 2 atom stereocenters. The lowest BCUT2D eigenvalue weighted by Crippen LogP contribution is -2.40. The molecular weight excluding hydrogens is 304 g/mol. The molecule has 0 saturated heterocycles. The first-order valence-electron chi connectivity index (χ1n) is 8.62. The van der Waals surface area contributed by atoms with E-state index in [0.29, 0.717) is 12.5 Å². The molecule has 1 aromatic carbocycles. The molecule has 1 aliphatic rings. The molecule has 130 valence electrons. The smallest absolute Gasteiger partial charge is 0.194 e. The molecule has 3 N–H and O–H groups in total. The Bertz CT molecular complexity index is 653. The van der Waals surface area contributed by atoms with Crippen molar-refractivity contribution in [2.24, 2.45) is 5.73 Å². The largest absolute Gasteiger partial charge is 0.494 e. The lowest BCUT2D eigenvalue weighted by Gasteiger charge is -2.21. The number of ether oxygens (including phenoxy) is 1. The van der Waals surface area contributed by atoms with Crippen LogP contribution in [0, 0.1) is 6.92 Å². The number of aryl methyl sites for hydroxylation is 2. The molecule has 0 spiro atoms. The molecule has 0 unspecified atom stereocenters. The number of rotatable bonds is 7. The van der Waals surface area contributed by atoms with E-state index in [9.17, 15) is 5.11 Å². The highest BCUT2D eigenvalue weighted by molar-refractivity contribution is 5.30. The van der Waals surface area contributed by atoms with Crippen molar-refractivity contribution in [3.8, 4) is 5.75 Å². The van der Waals surface area contributed by atoms with Crippen molar-refractivity contribution in [3.63, 3.8) is 0 Å². The van der Waals surface area contributed by atoms with Gasteiger partial charge >= 0.3 is 0 Å². The van der Waals surface area contributed by atoms with Crippen molar-refractivity contribution in [1.29, 1.82) is 0 Å². The van der Waals surface area contributed by atoms with Crippen LogP contribution in [0.2, 0.25) is 0 Å². The van der Waals surface area contributed by atoms with Gasteiger partial charge in [0.05, 0.1) is 19.4 Å². The van der Waals surface area contributed by atoms with Crippen LogP contribution < -0.4 is 10.5 Å². The van der Waals surface area contributed by atoms with Gasteiger partial charge in [-0.05, 0) is 56.2 Å². The van der Waals surface area contributed by atoms with Crippen LogP contribution in [-0.2, 0) is 6.42 Å². The third kappa shape index (κ3) is 4.16. The predicted molar refractivity (Wildman–Crippen MR) is 92.1 cm³/mol. The number of aromatic nitrogens is 1. The van der Waals surface area contributed by atoms with Crippen molar-refractivity contribution in [2.75, 3.05) is 13.2 Å². The minimum atomic E-state index is -0.405. The molecule has 1 aliphatic carbocycles. The molecule has 1 aromatic heterocycles. The zero-order valence-electron chi connectivity index (χ0n) is 14.2. The van der Waals surface area contributed by atoms with E-state index in [2.05, 4.69) is 17.1 Å². The van der Waals surface area contributed by atoms with Crippen LogP contribution in [0.15, 0.2) is 34.9 Å². The van der Waals surface area contributed by atoms with Crippen molar-refractivity contribution in [3.05, 3.63) is 47.7 Å². The van der Waals surface area contributed by atoms with E-state index in [4.69, 9.17) is 14.9 Å². The van der Waals surface area contributed by atoms with Gasteiger partial charge in [0.2, 0.25) is 0 Å². The summed E-state index contributed by atoms with van der Waals surface area (Å²) in [5.74, 6) is 2.92. The molecule has 24 heavy (non-hydrogen) atoms. The standard InChI is InChI=1S/C19H26N2O3/c1-14-12-21-18(24-14)3-2-10-23-17-6-4-15(5-7-17)16-8-9-19(20,11-16)13-22/h4-7,12,16,22H,2-3,8-11,13,20H2,1H3/t16-,19+/m1/s1. The second-order valence-electron chi connectivity index (χ2n) is 6.85. The molecular formula is C19H26N2O3. The van der Waals surface area contributed by atoms with Gasteiger partial charge in [0.25, 0.3) is 0 Å². The van der Waals surface area contributed by atoms with Crippen LogP contribution in [0.25, 0.3) is 0 Å². The maximum atomic E-state index is 9.38. The summed E-state index contributed by atoms with van der Waals surface area (Å²) >= 11 is 0. The number of benzene rings is 1. The fraction of sp³-hybridized carbons (Fsp3) is 0.526. The summed E-state index contributed by atoms with van der Waals surface area (Å²) in [6.45, 7) is 2.60. The summed E-state index contributed by atoms with van der Waals surface area (Å²) < 4.78 is 11.2. The van der Waals surface area contributed by atoms with Crippen molar-refractivity contribution < 1.29 is 14.3 Å². The quantitative estimate of drug-likeness (QED) is 0.763. The van der Waals surface area contributed by atoms with E-state index in [1.807, 2.05) is 19.1 Å². The summed E-state index contributed by atoms with van der Waals surface area (Å²) in [5, 5.41) is 9.38. The molecule has 3 rings (SSSR count). The van der Waals surface area contributed by atoms with Gasteiger partial charge in [0, 0.05) is 12.0 Å². The molecule has 0 radical (unpaired) electrons. The highest BCUT2D eigenvalue weighted by atomic mass is 16.5. The van der Waals surface area contributed by atoms with E-state index in [1.165, 1.54) is 5.56 Å². The Balaban J connectivity index is 1.45. The van der Waals surface area contributed by atoms with Gasteiger partial charge in [0.1, 0.15) is 11.5 Å². The van der Waals surface area contributed by atoms with Gasteiger partial charge in [-0.15, -0.1) is 0 Å². The maximum Gasteiger partial charge on any atom is 0.194 e. The van der Waals surface area contributed by atoms with Gasteiger partial charge in [-0.2, -0.15) is 0 Å². The summed E-state index contributed by atoms with van der Waals surface area (Å²) in [5.41, 5.74) is 7.03. The number of hydrogen-bond acceptors (Lipinski definition) is 5. The van der Waals surface area contributed by atoms with Crippen LogP contribution >= 0.6 is 0 Å². The summed E-state index contributed by atoms with van der Waals surface area (Å²) in [6.07, 6.45) is 6.16. The molecule has 5 heteroatoms. The zero-order valence-corrected chi connectivity index (χ0v) is 14.2. The molecule has 1 fully saturated rings. The Morgan fingerprint density at radius 3 is 2.79 bits per heavy atom. The minimum Gasteiger partial charge on any atom is -0.494 e. The molecule has 0 amide bonds. The molecule has 0 bridgehead atoms. The summed E-state index contributed by atoms with van der Waals surface area (Å²) in [7, 11) is 0. The van der Waals surface area contributed by atoms with E-state index in [1.54, 1.807) is 6.20 Å². The highest BCUT2D eigenvalue weighted by Gasteiger charge is 2.35. The minimum absolute atomic E-state index is 0.0642. The van der Waals surface area contributed by atoms with Crippen molar-refractivity contribution in [2.45, 2.75) is 50.5 Å². The lowest BCUT2D eigenvalue weighted by molar-refractivity contribution is 0.198. The predicted octanol–water partition coefficient (Wildman–Crippen LogP) is 2.95. The second kappa shape index (κ2) is 7.36. The number of oxazole rings is 1. The SMILES string of the molecule is Cc1cnc(CCCOc2ccc([C@@H]3CC[C@@](N)(CO)C3)cc2)o1. The highest BCUT2D eigenvalue weighted by Crippen LogP contribution is 2.39.